The summed E-state index contributed by atoms with van der Waals surface area (Å²) in [5, 5.41) is 0. The molecule has 0 saturated heterocycles. The molecule has 0 unspecified atom stereocenters. The van der Waals surface area contributed by atoms with Gasteiger partial charge in [-0.1, -0.05) is 38.9 Å². The van der Waals surface area contributed by atoms with Crippen LogP contribution in [0.25, 0.3) is 0 Å². The first-order valence-corrected chi connectivity index (χ1v) is 7.50. The fourth-order valence-corrected chi connectivity index (χ4v) is 4.11. The Morgan fingerprint density at radius 2 is 1.93 bits per heavy atom. The Morgan fingerprint density at radius 3 is 2.57 bits per heavy atom. The van der Waals surface area contributed by atoms with Gasteiger partial charge in [0.2, 0.25) is 0 Å². The zero-order valence-corrected chi connectivity index (χ0v) is 10.1. The summed E-state index contributed by atoms with van der Waals surface area (Å²) >= 11 is 1.77. The second kappa shape index (κ2) is 4.77. The Hall–Kier alpha value is -0.580. The minimum atomic E-state index is 1.02. The highest BCUT2D eigenvalue weighted by Crippen LogP contribution is 2.21. The largest absolute Gasteiger partial charge is 0.237 e. The van der Waals surface area contributed by atoms with Gasteiger partial charge >= 0.3 is 0 Å². The standard InChI is InChI=1S/C10H9NS3/c1-12-10-7-9(13-14-10)11-8-5-3-2-4-6-8/h2-7H,1H3. The maximum absolute atomic E-state index is 4.53. The van der Waals surface area contributed by atoms with Crippen molar-refractivity contribution in [3.8, 4) is 0 Å². The van der Waals surface area contributed by atoms with E-state index in [0.29, 0.717) is 0 Å². The normalized spacial score (nSPS) is 11.9. The van der Waals surface area contributed by atoms with Gasteiger partial charge < -0.3 is 0 Å². The van der Waals surface area contributed by atoms with E-state index in [1.807, 2.05) is 30.3 Å². The zero-order valence-electron chi connectivity index (χ0n) is 7.64. The van der Waals surface area contributed by atoms with E-state index in [9.17, 15) is 0 Å². The van der Waals surface area contributed by atoms with Crippen molar-refractivity contribution in [2.75, 3.05) is 6.26 Å². The SMILES string of the molecule is CSc1cc(=Nc2ccccc2)ss1. The molecule has 0 N–H and O–H groups in total. The molecule has 0 aliphatic rings. The first-order valence-electron chi connectivity index (χ1n) is 4.12. The molecular weight excluding hydrogens is 230 g/mol. The van der Waals surface area contributed by atoms with E-state index < -0.39 is 0 Å². The maximum atomic E-state index is 4.53. The highest BCUT2D eigenvalue weighted by atomic mass is 32.9. The van der Waals surface area contributed by atoms with Crippen LogP contribution in [0.15, 0.2) is 45.6 Å². The Bertz CT molecular complexity index is 455. The van der Waals surface area contributed by atoms with Crippen LogP contribution in [0, 0.1) is 0 Å². The summed E-state index contributed by atoms with van der Waals surface area (Å²) in [4.78, 5) is 4.53. The third-order valence-corrected chi connectivity index (χ3v) is 5.28. The molecule has 4 heteroatoms. The lowest BCUT2D eigenvalue weighted by Crippen LogP contribution is -1.87. The molecule has 1 heterocycles. The summed E-state index contributed by atoms with van der Waals surface area (Å²) in [6.45, 7) is 0. The van der Waals surface area contributed by atoms with Crippen molar-refractivity contribution < 1.29 is 0 Å². The van der Waals surface area contributed by atoms with Crippen molar-refractivity contribution in [3.05, 3.63) is 41.1 Å². The molecule has 0 radical (unpaired) electrons. The minimum Gasteiger partial charge on any atom is -0.237 e. The molecule has 0 fully saturated rings. The third kappa shape index (κ3) is 2.47. The summed E-state index contributed by atoms with van der Waals surface area (Å²) in [6.07, 6.45) is 2.09. The Labute approximate surface area is 94.5 Å². The molecule has 0 aliphatic carbocycles. The van der Waals surface area contributed by atoms with Crippen LogP contribution in [-0.2, 0) is 0 Å². The van der Waals surface area contributed by atoms with Crippen molar-refractivity contribution in [1.82, 2.24) is 0 Å². The van der Waals surface area contributed by atoms with Gasteiger partial charge in [0.15, 0.2) is 0 Å². The number of hydrogen-bond donors (Lipinski definition) is 0. The van der Waals surface area contributed by atoms with Gasteiger partial charge in [-0.3, -0.25) is 0 Å². The van der Waals surface area contributed by atoms with E-state index in [-0.39, 0.29) is 0 Å². The second-order valence-corrected chi connectivity index (χ2v) is 5.92. The van der Waals surface area contributed by atoms with Crippen LogP contribution in [0.1, 0.15) is 0 Å². The number of rotatable bonds is 2. The van der Waals surface area contributed by atoms with Crippen LogP contribution >= 0.6 is 32.4 Å². The summed E-state index contributed by atoms with van der Waals surface area (Å²) in [7, 11) is 3.50. The maximum Gasteiger partial charge on any atom is 0.128 e. The molecule has 0 spiro atoms. The average molecular weight is 239 g/mol. The molecule has 0 amide bonds. The molecule has 0 bridgehead atoms. The summed E-state index contributed by atoms with van der Waals surface area (Å²) in [5.74, 6) is 0. The number of para-hydroxylation sites is 1. The van der Waals surface area contributed by atoms with E-state index in [0.717, 1.165) is 10.4 Å². The summed E-state index contributed by atoms with van der Waals surface area (Å²) in [6, 6.07) is 12.2. The van der Waals surface area contributed by atoms with Gasteiger partial charge in [-0.15, -0.1) is 11.8 Å². The van der Waals surface area contributed by atoms with Crippen LogP contribution in [-0.4, -0.2) is 6.26 Å². The second-order valence-electron chi connectivity index (χ2n) is 2.62. The molecule has 0 aliphatic heterocycles. The molecule has 2 rings (SSSR count). The predicted molar refractivity (Wildman–Crippen MR) is 65.6 cm³/mol. The van der Waals surface area contributed by atoms with Gasteiger partial charge in [-0.25, -0.2) is 4.99 Å². The van der Waals surface area contributed by atoms with Crippen LogP contribution in [0.2, 0.25) is 0 Å². The Kier molecular flexibility index (Phi) is 3.39. The van der Waals surface area contributed by atoms with Crippen LogP contribution < -0.4 is 4.67 Å². The molecule has 72 valence electrons. The summed E-state index contributed by atoms with van der Waals surface area (Å²) in [5.41, 5.74) is 1.02. The first kappa shape index (κ1) is 9.96. The lowest BCUT2D eigenvalue weighted by atomic mass is 10.3. The van der Waals surface area contributed by atoms with Gasteiger partial charge in [0.1, 0.15) is 4.67 Å². The van der Waals surface area contributed by atoms with Crippen molar-refractivity contribution in [3.63, 3.8) is 0 Å². The number of hydrogen-bond acceptors (Lipinski definition) is 4. The van der Waals surface area contributed by atoms with E-state index in [1.165, 1.54) is 4.21 Å². The average Bonchev–Trinajstić information content (AvgIpc) is 2.67. The van der Waals surface area contributed by atoms with Crippen molar-refractivity contribution in [2.45, 2.75) is 4.21 Å². The van der Waals surface area contributed by atoms with Gasteiger partial charge in [-0.2, -0.15) is 0 Å². The summed E-state index contributed by atoms with van der Waals surface area (Å²) < 4.78 is 2.41. The van der Waals surface area contributed by atoms with Gasteiger partial charge in [0, 0.05) is 0 Å². The monoisotopic (exact) mass is 239 g/mol. The smallest absolute Gasteiger partial charge is 0.128 e. The van der Waals surface area contributed by atoms with Crippen LogP contribution in [0.5, 0.6) is 0 Å². The van der Waals surface area contributed by atoms with E-state index in [1.54, 1.807) is 32.4 Å². The number of thioether (sulfide) groups is 1. The Balaban J connectivity index is 2.35. The molecule has 1 nitrogen and oxygen atoms in total. The molecule has 1 aromatic carbocycles. The van der Waals surface area contributed by atoms with Gasteiger partial charge in [-0.05, 0) is 24.5 Å². The number of nitrogens with zero attached hydrogens (tertiary/aromatic N) is 1. The molecule has 14 heavy (non-hydrogen) atoms. The minimum absolute atomic E-state index is 1.02. The molecule has 2 aromatic rings. The zero-order chi connectivity index (χ0) is 9.80. The topological polar surface area (TPSA) is 12.4 Å². The number of benzene rings is 1. The van der Waals surface area contributed by atoms with E-state index in [2.05, 4.69) is 17.3 Å². The molecule has 0 saturated carbocycles. The highest BCUT2D eigenvalue weighted by Gasteiger charge is 1.93. The van der Waals surface area contributed by atoms with Crippen molar-refractivity contribution in [1.29, 1.82) is 0 Å². The van der Waals surface area contributed by atoms with Crippen molar-refractivity contribution >= 4 is 38.1 Å². The quantitative estimate of drug-likeness (QED) is 0.574. The lowest BCUT2D eigenvalue weighted by Gasteiger charge is -1.87. The Morgan fingerprint density at radius 1 is 1.14 bits per heavy atom. The first-order chi connectivity index (χ1) is 6.88. The van der Waals surface area contributed by atoms with E-state index >= 15 is 0 Å². The van der Waals surface area contributed by atoms with E-state index in [4.69, 9.17) is 0 Å². The van der Waals surface area contributed by atoms with Crippen LogP contribution in [0.4, 0.5) is 5.69 Å². The van der Waals surface area contributed by atoms with Crippen molar-refractivity contribution in [2.24, 2.45) is 4.99 Å². The van der Waals surface area contributed by atoms with Gasteiger partial charge in [0.05, 0.1) is 9.90 Å². The molecule has 0 atom stereocenters. The van der Waals surface area contributed by atoms with Gasteiger partial charge in [0.25, 0.3) is 0 Å². The highest BCUT2D eigenvalue weighted by molar-refractivity contribution is 8.02. The predicted octanol–water partition coefficient (Wildman–Crippen LogP) is 3.76. The molecule has 1 aromatic heterocycles. The lowest BCUT2D eigenvalue weighted by molar-refractivity contribution is 1.40. The fraction of sp³-hybridized carbons (Fsp3) is 0.100. The van der Waals surface area contributed by atoms with Crippen LogP contribution in [0.3, 0.4) is 0 Å². The third-order valence-electron chi connectivity index (χ3n) is 1.65. The fourth-order valence-electron chi connectivity index (χ4n) is 1.01. The molecular formula is C10H9NS3.